The molecule has 126 valence electrons. The number of nitrogens with zero attached hydrogens (tertiary/aromatic N) is 1. The maximum atomic E-state index is 12.0. The fourth-order valence-corrected chi connectivity index (χ4v) is 3.76. The Morgan fingerprint density at radius 2 is 1.65 bits per heavy atom. The van der Waals surface area contributed by atoms with Gasteiger partial charge in [0.25, 0.3) is 5.91 Å². The number of quaternary nitrogens is 1. The van der Waals surface area contributed by atoms with E-state index in [-0.39, 0.29) is 5.91 Å². The zero-order valence-corrected chi connectivity index (χ0v) is 14.1. The maximum Gasteiger partial charge on any atom is 0.279 e. The first-order chi connectivity index (χ1) is 11.3. The Kier molecular flexibility index (Phi) is 5.92. The average molecular weight is 316 g/mol. The number of amides is 1. The fraction of sp³-hybridized carbons (Fsp3) is 0.632. The third kappa shape index (κ3) is 4.96. The van der Waals surface area contributed by atoms with Crippen molar-refractivity contribution >= 4 is 17.3 Å². The molecular formula is C19H30N3O+. The van der Waals surface area contributed by atoms with Crippen LogP contribution in [0.25, 0.3) is 0 Å². The van der Waals surface area contributed by atoms with Gasteiger partial charge in [-0.2, -0.15) is 0 Å². The summed E-state index contributed by atoms with van der Waals surface area (Å²) in [6.45, 7) is 2.85. The minimum Gasteiger partial charge on any atom is -0.372 e. The number of rotatable bonds is 5. The van der Waals surface area contributed by atoms with Crippen LogP contribution >= 0.6 is 0 Å². The summed E-state index contributed by atoms with van der Waals surface area (Å²) in [5, 5.41) is 5.22. The van der Waals surface area contributed by atoms with Gasteiger partial charge in [0.15, 0.2) is 6.54 Å². The summed E-state index contributed by atoms with van der Waals surface area (Å²) < 4.78 is 0. The van der Waals surface area contributed by atoms with E-state index in [4.69, 9.17) is 0 Å². The second-order valence-electron chi connectivity index (χ2n) is 6.98. The zero-order valence-electron chi connectivity index (χ0n) is 14.1. The molecule has 3 rings (SSSR count). The second-order valence-corrected chi connectivity index (χ2v) is 6.98. The lowest BCUT2D eigenvalue weighted by Crippen LogP contribution is -2.91. The van der Waals surface area contributed by atoms with Crippen molar-refractivity contribution in [3.63, 3.8) is 0 Å². The minimum atomic E-state index is 0.111. The molecule has 4 heteroatoms. The Morgan fingerprint density at radius 1 is 1.00 bits per heavy atom. The lowest BCUT2D eigenvalue weighted by Gasteiger charge is -2.22. The Bertz CT molecular complexity index is 486. The van der Waals surface area contributed by atoms with Crippen LogP contribution in [0.2, 0.25) is 0 Å². The van der Waals surface area contributed by atoms with Crippen LogP contribution < -0.4 is 15.5 Å². The fourth-order valence-electron chi connectivity index (χ4n) is 3.76. The van der Waals surface area contributed by atoms with E-state index < -0.39 is 0 Å². The zero-order chi connectivity index (χ0) is 15.9. The molecule has 0 unspecified atom stereocenters. The molecule has 1 aromatic rings. The predicted molar refractivity (Wildman–Crippen MR) is 94.8 cm³/mol. The molecule has 23 heavy (non-hydrogen) atoms. The SMILES string of the molecule is O=C(C[NH2+]C1CCCC1)Nc1ccc(N2CCCCCC2)cc1. The molecule has 0 atom stereocenters. The predicted octanol–water partition coefficient (Wildman–Crippen LogP) is 2.51. The largest absolute Gasteiger partial charge is 0.372 e. The first kappa shape index (κ1) is 16.3. The smallest absolute Gasteiger partial charge is 0.279 e. The van der Waals surface area contributed by atoms with Gasteiger partial charge in [0.05, 0.1) is 6.04 Å². The van der Waals surface area contributed by atoms with Crippen molar-refractivity contribution in [2.45, 2.75) is 57.4 Å². The van der Waals surface area contributed by atoms with Crippen molar-refractivity contribution in [2.24, 2.45) is 0 Å². The normalized spacial score (nSPS) is 19.6. The molecule has 2 aliphatic rings. The lowest BCUT2D eigenvalue weighted by molar-refractivity contribution is -0.677. The number of hydrogen-bond donors (Lipinski definition) is 2. The number of hydrogen-bond acceptors (Lipinski definition) is 2. The topological polar surface area (TPSA) is 49.0 Å². The Morgan fingerprint density at radius 3 is 2.30 bits per heavy atom. The monoisotopic (exact) mass is 316 g/mol. The van der Waals surface area contributed by atoms with Gasteiger partial charge in [-0.25, -0.2) is 0 Å². The highest BCUT2D eigenvalue weighted by Gasteiger charge is 2.18. The van der Waals surface area contributed by atoms with Crippen LogP contribution in [-0.2, 0) is 4.79 Å². The number of carbonyl (C=O) groups is 1. The van der Waals surface area contributed by atoms with Gasteiger partial charge < -0.3 is 15.5 Å². The highest BCUT2D eigenvalue weighted by atomic mass is 16.1. The van der Waals surface area contributed by atoms with Crippen molar-refractivity contribution in [1.82, 2.24) is 0 Å². The van der Waals surface area contributed by atoms with E-state index in [1.54, 1.807) is 0 Å². The maximum absolute atomic E-state index is 12.0. The first-order valence-corrected chi connectivity index (χ1v) is 9.29. The molecule has 4 nitrogen and oxygen atoms in total. The van der Waals surface area contributed by atoms with Gasteiger partial charge >= 0.3 is 0 Å². The number of nitrogens with one attached hydrogen (secondary N) is 1. The molecule has 1 saturated carbocycles. The molecule has 1 amide bonds. The molecule has 3 N–H and O–H groups in total. The van der Waals surface area contributed by atoms with E-state index >= 15 is 0 Å². The van der Waals surface area contributed by atoms with Crippen molar-refractivity contribution in [3.8, 4) is 0 Å². The lowest BCUT2D eigenvalue weighted by atomic mass is 10.2. The molecule has 2 fully saturated rings. The average Bonchev–Trinajstić information content (AvgIpc) is 2.94. The van der Waals surface area contributed by atoms with Gasteiger partial charge in [0, 0.05) is 24.5 Å². The van der Waals surface area contributed by atoms with Crippen molar-refractivity contribution in [1.29, 1.82) is 0 Å². The second kappa shape index (κ2) is 8.34. The molecule has 0 radical (unpaired) electrons. The molecule has 0 aromatic heterocycles. The van der Waals surface area contributed by atoms with Crippen molar-refractivity contribution in [2.75, 3.05) is 29.9 Å². The molecule has 1 aliphatic heterocycles. The highest BCUT2D eigenvalue weighted by molar-refractivity contribution is 5.91. The summed E-state index contributed by atoms with van der Waals surface area (Å²) in [5.74, 6) is 0.111. The Hall–Kier alpha value is -1.55. The number of anilines is 2. The highest BCUT2D eigenvalue weighted by Crippen LogP contribution is 2.21. The van der Waals surface area contributed by atoms with Gasteiger partial charge in [-0.15, -0.1) is 0 Å². The molecule has 1 aromatic carbocycles. The van der Waals surface area contributed by atoms with Gasteiger partial charge in [0.2, 0.25) is 0 Å². The quantitative estimate of drug-likeness (QED) is 0.877. The molecule has 0 spiro atoms. The van der Waals surface area contributed by atoms with Crippen molar-refractivity contribution in [3.05, 3.63) is 24.3 Å². The summed E-state index contributed by atoms with van der Waals surface area (Å²) in [5.41, 5.74) is 2.19. The van der Waals surface area contributed by atoms with Gasteiger partial charge in [0.1, 0.15) is 0 Å². The van der Waals surface area contributed by atoms with Gasteiger partial charge in [-0.3, -0.25) is 4.79 Å². The van der Waals surface area contributed by atoms with Crippen LogP contribution in [0.5, 0.6) is 0 Å². The molecule has 1 heterocycles. The van der Waals surface area contributed by atoms with Gasteiger partial charge in [-0.1, -0.05) is 12.8 Å². The summed E-state index contributed by atoms with van der Waals surface area (Å²) in [6, 6.07) is 9.01. The standard InChI is InChI=1S/C19H29N3O/c23-19(15-20-16-7-3-4-8-16)21-17-9-11-18(12-10-17)22-13-5-1-2-6-14-22/h9-12,16,20H,1-8,13-15H2,(H,21,23)/p+1. The molecule has 0 bridgehead atoms. The molecule has 1 aliphatic carbocycles. The number of benzene rings is 1. The van der Waals surface area contributed by atoms with Crippen LogP contribution in [0.15, 0.2) is 24.3 Å². The number of nitrogens with two attached hydrogens (primary N) is 1. The van der Waals surface area contributed by atoms with Crippen LogP contribution in [0, 0.1) is 0 Å². The third-order valence-corrected chi connectivity index (χ3v) is 5.16. The van der Waals surface area contributed by atoms with E-state index in [9.17, 15) is 4.79 Å². The Balaban J connectivity index is 1.47. The Labute approximate surface area is 139 Å². The summed E-state index contributed by atoms with van der Waals surface area (Å²) in [7, 11) is 0. The first-order valence-electron chi connectivity index (χ1n) is 9.29. The summed E-state index contributed by atoms with van der Waals surface area (Å²) in [6.07, 6.45) is 10.4. The summed E-state index contributed by atoms with van der Waals surface area (Å²) in [4.78, 5) is 14.5. The summed E-state index contributed by atoms with van der Waals surface area (Å²) >= 11 is 0. The third-order valence-electron chi connectivity index (χ3n) is 5.16. The molecular weight excluding hydrogens is 286 g/mol. The van der Waals surface area contributed by atoms with Crippen LogP contribution in [0.4, 0.5) is 11.4 Å². The van der Waals surface area contributed by atoms with Crippen LogP contribution in [0.3, 0.4) is 0 Å². The number of carbonyl (C=O) groups excluding carboxylic acids is 1. The van der Waals surface area contributed by atoms with Crippen LogP contribution in [0.1, 0.15) is 51.4 Å². The van der Waals surface area contributed by atoms with E-state index in [1.165, 1.54) is 57.1 Å². The minimum absolute atomic E-state index is 0.111. The molecule has 1 saturated heterocycles. The van der Waals surface area contributed by atoms with Crippen molar-refractivity contribution < 1.29 is 10.1 Å². The van der Waals surface area contributed by atoms with E-state index in [2.05, 4.69) is 27.7 Å². The van der Waals surface area contributed by atoms with E-state index in [0.29, 0.717) is 12.6 Å². The van der Waals surface area contributed by atoms with Crippen LogP contribution in [-0.4, -0.2) is 31.6 Å². The van der Waals surface area contributed by atoms with Gasteiger partial charge in [-0.05, 0) is 62.8 Å². The van der Waals surface area contributed by atoms with E-state index in [1.807, 2.05) is 12.1 Å². The van der Waals surface area contributed by atoms with E-state index in [0.717, 1.165) is 18.8 Å².